The molecule has 1 aromatic carbocycles. The van der Waals surface area contributed by atoms with Crippen LogP contribution in [0.4, 0.5) is 0 Å². The zero-order valence-electron chi connectivity index (χ0n) is 11.9. The van der Waals surface area contributed by atoms with Crippen molar-refractivity contribution in [3.8, 4) is 11.5 Å². The summed E-state index contributed by atoms with van der Waals surface area (Å²) in [6.45, 7) is -0.221. The zero-order chi connectivity index (χ0) is 15.2. The van der Waals surface area contributed by atoms with Gasteiger partial charge < -0.3 is 19.9 Å². The first-order chi connectivity index (χ1) is 10.1. The van der Waals surface area contributed by atoms with E-state index < -0.39 is 17.9 Å². The third-order valence-corrected chi connectivity index (χ3v) is 3.31. The summed E-state index contributed by atoms with van der Waals surface area (Å²) < 4.78 is 10.4. The van der Waals surface area contributed by atoms with Gasteiger partial charge in [-0.25, -0.2) is 4.79 Å². The Hall–Kier alpha value is -2.24. The molecule has 0 spiro atoms. The van der Waals surface area contributed by atoms with Gasteiger partial charge in [-0.1, -0.05) is 18.9 Å². The van der Waals surface area contributed by atoms with Crippen LogP contribution < -0.4 is 14.8 Å². The molecule has 0 heterocycles. The van der Waals surface area contributed by atoms with Gasteiger partial charge in [0.1, 0.15) is 17.5 Å². The number of aliphatic carboxylic acids is 1. The van der Waals surface area contributed by atoms with Crippen LogP contribution >= 0.6 is 0 Å². The number of rotatable bonds is 8. The predicted molar refractivity (Wildman–Crippen MR) is 75.4 cm³/mol. The lowest BCUT2D eigenvalue weighted by Crippen LogP contribution is -2.43. The van der Waals surface area contributed by atoms with Gasteiger partial charge in [0, 0.05) is 6.07 Å². The molecule has 6 heteroatoms. The van der Waals surface area contributed by atoms with E-state index in [-0.39, 0.29) is 6.61 Å². The highest BCUT2D eigenvalue weighted by molar-refractivity contribution is 5.84. The van der Waals surface area contributed by atoms with Crippen molar-refractivity contribution in [2.24, 2.45) is 5.92 Å². The molecule has 1 aliphatic carbocycles. The molecular weight excluding hydrogens is 274 g/mol. The van der Waals surface area contributed by atoms with Gasteiger partial charge in [0.2, 0.25) is 0 Å². The summed E-state index contributed by atoms with van der Waals surface area (Å²) in [6.07, 6.45) is 2.57. The van der Waals surface area contributed by atoms with Crippen molar-refractivity contribution in [3.63, 3.8) is 0 Å². The number of nitrogens with one attached hydrogen (secondary N) is 1. The number of benzene rings is 1. The number of hydrogen-bond acceptors (Lipinski definition) is 4. The lowest BCUT2D eigenvalue weighted by molar-refractivity contribution is -0.142. The predicted octanol–water partition coefficient (Wildman–Crippen LogP) is 1.44. The number of carbonyl (C=O) groups is 2. The van der Waals surface area contributed by atoms with Crippen LogP contribution in [-0.2, 0) is 9.59 Å². The molecule has 6 nitrogen and oxygen atoms in total. The Morgan fingerprint density at radius 3 is 2.71 bits per heavy atom. The van der Waals surface area contributed by atoms with Gasteiger partial charge >= 0.3 is 5.97 Å². The lowest BCUT2D eigenvalue weighted by Gasteiger charge is -2.14. The first-order valence-corrected chi connectivity index (χ1v) is 6.87. The van der Waals surface area contributed by atoms with Crippen LogP contribution in [0.2, 0.25) is 0 Å². The average Bonchev–Trinajstić information content (AvgIpc) is 3.28. The molecule has 0 aromatic heterocycles. The van der Waals surface area contributed by atoms with Crippen LogP contribution in [-0.4, -0.2) is 36.7 Å². The number of carbonyl (C=O) groups excluding carboxylic acids is 1. The largest absolute Gasteiger partial charge is 0.497 e. The Balaban J connectivity index is 1.81. The molecule has 2 rings (SSSR count). The van der Waals surface area contributed by atoms with Gasteiger partial charge in [0.15, 0.2) is 6.61 Å². The van der Waals surface area contributed by atoms with Crippen LogP contribution in [0.5, 0.6) is 11.5 Å². The summed E-state index contributed by atoms with van der Waals surface area (Å²) in [7, 11) is 1.54. The van der Waals surface area contributed by atoms with E-state index in [2.05, 4.69) is 5.32 Å². The number of carboxylic acid groups (broad SMARTS) is 1. The molecule has 0 saturated heterocycles. The van der Waals surface area contributed by atoms with E-state index in [0.29, 0.717) is 23.8 Å². The minimum absolute atomic E-state index is 0.221. The van der Waals surface area contributed by atoms with E-state index >= 15 is 0 Å². The highest BCUT2D eigenvalue weighted by Crippen LogP contribution is 2.33. The summed E-state index contributed by atoms with van der Waals surface area (Å²) >= 11 is 0. The van der Waals surface area contributed by atoms with Gasteiger partial charge in [0.25, 0.3) is 5.91 Å². The minimum atomic E-state index is -1.00. The highest BCUT2D eigenvalue weighted by Gasteiger charge is 2.30. The average molecular weight is 293 g/mol. The molecule has 114 valence electrons. The number of amides is 1. The molecule has 1 fully saturated rings. The quantitative estimate of drug-likeness (QED) is 0.757. The Morgan fingerprint density at radius 1 is 1.38 bits per heavy atom. The summed E-state index contributed by atoms with van der Waals surface area (Å²) in [4.78, 5) is 22.8. The molecule has 0 radical (unpaired) electrons. The molecule has 0 aliphatic heterocycles. The fourth-order valence-electron chi connectivity index (χ4n) is 1.98. The van der Waals surface area contributed by atoms with Gasteiger partial charge in [-0.15, -0.1) is 0 Å². The fraction of sp³-hybridized carbons (Fsp3) is 0.467. The molecule has 1 amide bonds. The molecule has 2 N–H and O–H groups in total. The third-order valence-electron chi connectivity index (χ3n) is 3.31. The van der Waals surface area contributed by atoms with Crippen molar-refractivity contribution < 1.29 is 24.2 Å². The van der Waals surface area contributed by atoms with Crippen molar-refractivity contribution in [2.45, 2.75) is 25.3 Å². The highest BCUT2D eigenvalue weighted by atomic mass is 16.5. The van der Waals surface area contributed by atoms with Crippen molar-refractivity contribution in [2.75, 3.05) is 13.7 Å². The van der Waals surface area contributed by atoms with Crippen LogP contribution in [0.15, 0.2) is 24.3 Å². The maximum absolute atomic E-state index is 11.8. The van der Waals surface area contributed by atoms with E-state index in [1.165, 1.54) is 0 Å². The number of hydrogen-bond donors (Lipinski definition) is 2. The molecule has 1 saturated carbocycles. The van der Waals surface area contributed by atoms with E-state index in [1.807, 2.05) is 0 Å². The summed E-state index contributed by atoms with van der Waals surface area (Å²) in [5.41, 5.74) is 0. The number of ether oxygens (including phenoxy) is 2. The Bertz CT molecular complexity index is 513. The second-order valence-electron chi connectivity index (χ2n) is 5.11. The van der Waals surface area contributed by atoms with Crippen molar-refractivity contribution in [3.05, 3.63) is 24.3 Å². The summed E-state index contributed by atoms with van der Waals surface area (Å²) in [5.74, 6) is 0.108. The van der Waals surface area contributed by atoms with E-state index in [4.69, 9.17) is 14.6 Å². The van der Waals surface area contributed by atoms with Gasteiger partial charge in [-0.2, -0.15) is 0 Å². The van der Waals surface area contributed by atoms with Crippen molar-refractivity contribution in [1.82, 2.24) is 5.32 Å². The van der Waals surface area contributed by atoms with E-state index in [1.54, 1.807) is 31.4 Å². The van der Waals surface area contributed by atoms with Crippen LogP contribution in [0.3, 0.4) is 0 Å². The summed E-state index contributed by atoms with van der Waals surface area (Å²) in [6, 6.07) is 6.04. The maximum atomic E-state index is 11.8. The first kappa shape index (κ1) is 15.2. The Morgan fingerprint density at radius 2 is 2.10 bits per heavy atom. The van der Waals surface area contributed by atoms with E-state index in [9.17, 15) is 9.59 Å². The van der Waals surface area contributed by atoms with Gasteiger partial charge in [-0.05, 0) is 24.5 Å². The topological polar surface area (TPSA) is 84.9 Å². The smallest absolute Gasteiger partial charge is 0.326 e. The third kappa shape index (κ3) is 4.98. The molecular formula is C15H19NO5. The molecule has 1 aliphatic rings. The van der Waals surface area contributed by atoms with E-state index in [0.717, 1.165) is 12.8 Å². The van der Waals surface area contributed by atoms with Gasteiger partial charge in [0.05, 0.1) is 7.11 Å². The lowest BCUT2D eigenvalue weighted by atomic mass is 10.1. The molecule has 1 atom stereocenters. The summed E-state index contributed by atoms with van der Waals surface area (Å²) in [5, 5.41) is 11.6. The zero-order valence-corrected chi connectivity index (χ0v) is 11.9. The number of carboxylic acids is 1. The monoisotopic (exact) mass is 293 g/mol. The first-order valence-electron chi connectivity index (χ1n) is 6.87. The second kappa shape index (κ2) is 6.97. The SMILES string of the molecule is COc1cccc(OCC(=O)NC(CC2CC2)C(=O)O)c1. The fourth-order valence-corrected chi connectivity index (χ4v) is 1.98. The minimum Gasteiger partial charge on any atom is -0.497 e. The van der Waals surface area contributed by atoms with Crippen LogP contribution in [0, 0.1) is 5.92 Å². The molecule has 0 bridgehead atoms. The van der Waals surface area contributed by atoms with Gasteiger partial charge in [-0.3, -0.25) is 4.79 Å². The maximum Gasteiger partial charge on any atom is 0.326 e. The van der Waals surface area contributed by atoms with Crippen molar-refractivity contribution in [1.29, 1.82) is 0 Å². The van der Waals surface area contributed by atoms with Crippen LogP contribution in [0.1, 0.15) is 19.3 Å². The molecule has 1 unspecified atom stereocenters. The Labute approximate surface area is 123 Å². The van der Waals surface area contributed by atoms with Crippen LogP contribution in [0.25, 0.3) is 0 Å². The van der Waals surface area contributed by atoms with Crippen molar-refractivity contribution >= 4 is 11.9 Å². The molecule has 1 aromatic rings. The Kier molecular flexibility index (Phi) is 5.03. The second-order valence-corrected chi connectivity index (χ2v) is 5.11. The standard InChI is InChI=1S/C15H19NO5/c1-20-11-3-2-4-12(8-11)21-9-14(17)16-13(15(18)19)7-10-5-6-10/h2-4,8,10,13H,5-7,9H2,1H3,(H,16,17)(H,18,19). The molecule has 21 heavy (non-hydrogen) atoms. The number of methoxy groups -OCH3 is 1. The normalized spacial score (nSPS) is 15.1.